The van der Waals surface area contributed by atoms with Gasteiger partial charge in [-0.05, 0) is 23.5 Å². The maximum Gasteiger partial charge on any atom is 0.303 e. The van der Waals surface area contributed by atoms with E-state index >= 15 is 0 Å². The van der Waals surface area contributed by atoms with Gasteiger partial charge in [0.15, 0.2) is 0 Å². The first kappa shape index (κ1) is 15.1. The number of nitrogens with one attached hydrogen (secondary N) is 1. The fourth-order valence-electron chi connectivity index (χ4n) is 1.86. The molecule has 104 valence electrons. The Morgan fingerprint density at radius 2 is 2.11 bits per heavy atom. The van der Waals surface area contributed by atoms with E-state index in [0.717, 1.165) is 12.0 Å². The zero-order valence-electron chi connectivity index (χ0n) is 11.3. The van der Waals surface area contributed by atoms with Gasteiger partial charge in [-0.3, -0.25) is 14.6 Å². The lowest BCUT2D eigenvalue weighted by atomic mass is 9.85. The molecule has 0 atom stereocenters. The van der Waals surface area contributed by atoms with Gasteiger partial charge in [0, 0.05) is 25.4 Å². The number of hydrogen-bond donors (Lipinski definition) is 2. The maximum atomic E-state index is 11.7. The van der Waals surface area contributed by atoms with Crippen molar-refractivity contribution >= 4 is 11.9 Å². The number of carbonyl (C=O) groups excluding carboxylic acids is 1. The molecule has 5 nitrogen and oxygen atoms in total. The van der Waals surface area contributed by atoms with E-state index in [0.29, 0.717) is 6.54 Å². The van der Waals surface area contributed by atoms with Crippen LogP contribution in [-0.4, -0.2) is 28.5 Å². The second-order valence-electron chi connectivity index (χ2n) is 5.37. The van der Waals surface area contributed by atoms with Crippen molar-refractivity contribution in [3.63, 3.8) is 0 Å². The second-order valence-corrected chi connectivity index (χ2v) is 5.37. The summed E-state index contributed by atoms with van der Waals surface area (Å²) < 4.78 is 0. The number of nitrogens with zero attached hydrogens (tertiary/aromatic N) is 1. The number of carboxylic acids is 1. The summed E-state index contributed by atoms with van der Waals surface area (Å²) >= 11 is 0. The molecule has 0 spiro atoms. The molecule has 0 saturated heterocycles. The maximum absolute atomic E-state index is 11.7. The van der Waals surface area contributed by atoms with Crippen molar-refractivity contribution < 1.29 is 14.7 Å². The summed E-state index contributed by atoms with van der Waals surface area (Å²) in [5.74, 6) is -0.997. The van der Waals surface area contributed by atoms with E-state index in [1.807, 2.05) is 12.1 Å². The van der Waals surface area contributed by atoms with Gasteiger partial charge in [0.25, 0.3) is 0 Å². The largest absolute Gasteiger partial charge is 0.481 e. The summed E-state index contributed by atoms with van der Waals surface area (Å²) in [6, 6.07) is 3.81. The zero-order valence-corrected chi connectivity index (χ0v) is 11.3. The summed E-state index contributed by atoms with van der Waals surface area (Å²) in [6.07, 6.45) is 4.39. The van der Waals surface area contributed by atoms with E-state index in [-0.39, 0.29) is 18.7 Å². The van der Waals surface area contributed by atoms with Crippen LogP contribution in [0.4, 0.5) is 0 Å². The minimum Gasteiger partial charge on any atom is -0.481 e. The van der Waals surface area contributed by atoms with Crippen LogP contribution in [0.3, 0.4) is 0 Å². The fourth-order valence-corrected chi connectivity index (χ4v) is 1.86. The van der Waals surface area contributed by atoms with Gasteiger partial charge in [-0.25, -0.2) is 0 Å². The van der Waals surface area contributed by atoms with E-state index in [1.165, 1.54) is 0 Å². The second kappa shape index (κ2) is 6.87. The van der Waals surface area contributed by atoms with Crippen LogP contribution < -0.4 is 5.32 Å². The number of carbonyl (C=O) groups is 2. The van der Waals surface area contributed by atoms with Crippen LogP contribution in [0, 0.1) is 5.41 Å². The van der Waals surface area contributed by atoms with Gasteiger partial charge >= 0.3 is 5.97 Å². The van der Waals surface area contributed by atoms with Crippen LogP contribution in [0.2, 0.25) is 0 Å². The third kappa shape index (κ3) is 6.55. The molecule has 2 N–H and O–H groups in total. The first-order valence-electron chi connectivity index (χ1n) is 6.26. The van der Waals surface area contributed by atoms with Crippen molar-refractivity contribution in [2.75, 3.05) is 6.54 Å². The summed E-state index contributed by atoms with van der Waals surface area (Å²) in [6.45, 7) is 4.09. The average Bonchev–Trinajstić information content (AvgIpc) is 2.27. The molecule has 0 aliphatic rings. The third-order valence-corrected chi connectivity index (χ3v) is 2.73. The number of rotatable bonds is 7. The highest BCUT2D eigenvalue weighted by molar-refractivity contribution is 5.77. The van der Waals surface area contributed by atoms with E-state index in [4.69, 9.17) is 5.11 Å². The first-order valence-corrected chi connectivity index (χ1v) is 6.26. The molecule has 1 heterocycles. The molecule has 1 aromatic heterocycles. The zero-order chi connectivity index (χ0) is 14.3. The summed E-state index contributed by atoms with van der Waals surface area (Å²) in [5, 5.41) is 11.5. The number of amides is 1. The Kier molecular flexibility index (Phi) is 5.48. The number of hydrogen-bond acceptors (Lipinski definition) is 3. The molecule has 1 rings (SSSR count). The molecule has 0 aliphatic carbocycles. The van der Waals surface area contributed by atoms with E-state index in [2.05, 4.69) is 10.3 Å². The predicted molar refractivity (Wildman–Crippen MR) is 71.6 cm³/mol. The van der Waals surface area contributed by atoms with Crippen molar-refractivity contribution in [1.29, 1.82) is 0 Å². The summed E-state index contributed by atoms with van der Waals surface area (Å²) in [4.78, 5) is 26.4. The van der Waals surface area contributed by atoms with Gasteiger partial charge in [-0.2, -0.15) is 0 Å². The Bertz CT molecular complexity index is 430. The molecule has 0 saturated carbocycles. The van der Waals surface area contributed by atoms with Crippen molar-refractivity contribution in [3.05, 3.63) is 30.1 Å². The lowest BCUT2D eigenvalue weighted by Crippen LogP contribution is -2.31. The molecule has 19 heavy (non-hydrogen) atoms. The van der Waals surface area contributed by atoms with Gasteiger partial charge in [0.05, 0.1) is 6.42 Å². The quantitative estimate of drug-likeness (QED) is 0.784. The molecule has 0 bridgehead atoms. The van der Waals surface area contributed by atoms with Crippen molar-refractivity contribution in [2.45, 2.75) is 33.1 Å². The van der Waals surface area contributed by atoms with Crippen LogP contribution in [0.25, 0.3) is 0 Å². The molecule has 0 aliphatic heterocycles. The topological polar surface area (TPSA) is 79.3 Å². The van der Waals surface area contributed by atoms with Gasteiger partial charge in [0.2, 0.25) is 5.91 Å². The number of pyridine rings is 1. The Hall–Kier alpha value is -1.91. The van der Waals surface area contributed by atoms with Crippen LogP contribution in [0.1, 0.15) is 32.3 Å². The van der Waals surface area contributed by atoms with Gasteiger partial charge in [-0.15, -0.1) is 0 Å². The molecular weight excluding hydrogens is 244 g/mol. The SMILES string of the molecule is CC(C)(CC(=O)O)CC(=O)NCCc1cccnc1. The highest BCUT2D eigenvalue weighted by Gasteiger charge is 2.24. The normalized spacial score (nSPS) is 11.1. The highest BCUT2D eigenvalue weighted by Crippen LogP contribution is 2.24. The van der Waals surface area contributed by atoms with Crippen molar-refractivity contribution in [3.8, 4) is 0 Å². The molecule has 1 amide bonds. The lowest BCUT2D eigenvalue weighted by Gasteiger charge is -2.21. The molecule has 0 aromatic carbocycles. The minimum atomic E-state index is -0.881. The van der Waals surface area contributed by atoms with Crippen LogP contribution in [0.15, 0.2) is 24.5 Å². The predicted octanol–water partition coefficient (Wildman–Crippen LogP) is 1.63. The third-order valence-electron chi connectivity index (χ3n) is 2.73. The molecule has 5 heteroatoms. The molecule has 0 fully saturated rings. The molecule has 0 radical (unpaired) electrons. The lowest BCUT2D eigenvalue weighted by molar-refractivity contribution is -0.139. The van der Waals surface area contributed by atoms with Crippen molar-refractivity contribution in [1.82, 2.24) is 10.3 Å². The molecular formula is C14H20N2O3. The number of carboxylic acid groups (broad SMARTS) is 1. The average molecular weight is 264 g/mol. The van der Waals surface area contributed by atoms with Crippen molar-refractivity contribution in [2.24, 2.45) is 5.41 Å². The van der Waals surface area contributed by atoms with Crippen LogP contribution >= 0.6 is 0 Å². The summed E-state index contributed by atoms with van der Waals surface area (Å²) in [7, 11) is 0. The Balaban J connectivity index is 2.30. The summed E-state index contributed by atoms with van der Waals surface area (Å²) in [5.41, 5.74) is 0.539. The van der Waals surface area contributed by atoms with E-state index < -0.39 is 11.4 Å². The number of aliphatic carboxylic acids is 1. The first-order chi connectivity index (χ1) is 8.89. The van der Waals surface area contributed by atoms with Gasteiger partial charge in [-0.1, -0.05) is 19.9 Å². The van der Waals surface area contributed by atoms with E-state index in [9.17, 15) is 9.59 Å². The number of aromatic nitrogens is 1. The molecule has 0 unspecified atom stereocenters. The minimum absolute atomic E-state index is 0.0109. The van der Waals surface area contributed by atoms with Gasteiger partial charge < -0.3 is 10.4 Å². The Morgan fingerprint density at radius 3 is 2.68 bits per heavy atom. The molecule has 1 aromatic rings. The fraction of sp³-hybridized carbons (Fsp3) is 0.500. The van der Waals surface area contributed by atoms with Gasteiger partial charge in [0.1, 0.15) is 0 Å². The van der Waals surface area contributed by atoms with Crippen LogP contribution in [-0.2, 0) is 16.0 Å². The Morgan fingerprint density at radius 1 is 1.37 bits per heavy atom. The Labute approximate surface area is 113 Å². The van der Waals surface area contributed by atoms with Crippen LogP contribution in [0.5, 0.6) is 0 Å². The smallest absolute Gasteiger partial charge is 0.303 e. The monoisotopic (exact) mass is 264 g/mol. The van der Waals surface area contributed by atoms with E-state index in [1.54, 1.807) is 26.2 Å². The standard InChI is InChI=1S/C14H20N2O3/c1-14(2,9-13(18)19)8-12(17)16-7-5-11-4-3-6-15-10-11/h3-4,6,10H,5,7-9H2,1-2H3,(H,16,17)(H,18,19). The highest BCUT2D eigenvalue weighted by atomic mass is 16.4.